The lowest BCUT2D eigenvalue weighted by atomic mass is 9.92. The molecule has 1 heterocycles. The Morgan fingerprint density at radius 3 is 2.18 bits per heavy atom. The summed E-state index contributed by atoms with van der Waals surface area (Å²) in [6.07, 6.45) is -8.48. The summed E-state index contributed by atoms with van der Waals surface area (Å²) >= 11 is 0. The third-order valence-corrected chi connectivity index (χ3v) is 6.11. The van der Waals surface area contributed by atoms with Crippen LogP contribution in [0.25, 0.3) is 5.57 Å². The summed E-state index contributed by atoms with van der Waals surface area (Å²) in [5, 5.41) is 90.5. The highest BCUT2D eigenvalue weighted by Crippen LogP contribution is 2.43. The Morgan fingerprint density at radius 1 is 0.824 bits per heavy atom. The molecule has 0 saturated carbocycles. The zero-order valence-electron chi connectivity index (χ0n) is 17.8. The number of rotatable bonds is 4. The van der Waals surface area contributed by atoms with Crippen LogP contribution in [0.5, 0.6) is 23.0 Å². The van der Waals surface area contributed by atoms with E-state index in [0.717, 1.165) is 6.07 Å². The Morgan fingerprint density at radius 2 is 1.50 bits per heavy atom. The topological polar surface area (TPSA) is 201 Å². The Hall–Kier alpha value is -2.90. The molecule has 11 nitrogen and oxygen atoms in total. The number of aromatic hydroxyl groups is 4. The normalized spacial score (nSPS) is 31.4. The molecule has 0 radical (unpaired) electrons. The van der Waals surface area contributed by atoms with Gasteiger partial charge in [0.15, 0.2) is 29.3 Å². The van der Waals surface area contributed by atoms with E-state index in [2.05, 4.69) is 0 Å². The van der Waals surface area contributed by atoms with E-state index in [1.165, 1.54) is 24.3 Å². The average molecular weight is 478 g/mol. The van der Waals surface area contributed by atoms with E-state index in [1.807, 2.05) is 0 Å². The molecule has 0 spiro atoms. The molecular weight excluding hydrogens is 452 g/mol. The molecule has 11 heteroatoms. The number of fused-ring (bicyclic) bond motifs is 1. The van der Waals surface area contributed by atoms with Crippen LogP contribution in [0.3, 0.4) is 0 Å². The number of aliphatic hydroxyl groups is 5. The predicted octanol–water partition coefficient (Wildman–Crippen LogP) is -0.437. The molecule has 0 amide bonds. The van der Waals surface area contributed by atoms with Crippen LogP contribution >= 0.6 is 0 Å². The van der Waals surface area contributed by atoms with Crippen LogP contribution < -0.4 is 0 Å². The molecule has 9 N–H and O–H groups in total. The second kappa shape index (κ2) is 9.39. The molecule has 34 heavy (non-hydrogen) atoms. The van der Waals surface area contributed by atoms with Crippen molar-refractivity contribution in [3.05, 3.63) is 53.1 Å². The molecule has 7 atom stereocenters. The fourth-order valence-corrected chi connectivity index (χ4v) is 4.19. The minimum Gasteiger partial charge on any atom is -0.504 e. The van der Waals surface area contributed by atoms with Gasteiger partial charge in [-0.3, -0.25) is 0 Å². The highest BCUT2D eigenvalue weighted by atomic mass is 16.7. The van der Waals surface area contributed by atoms with Crippen molar-refractivity contribution in [3.63, 3.8) is 0 Å². The van der Waals surface area contributed by atoms with Gasteiger partial charge in [-0.2, -0.15) is 0 Å². The van der Waals surface area contributed by atoms with Crippen molar-refractivity contribution in [2.24, 2.45) is 0 Å². The average Bonchev–Trinajstić information content (AvgIpc) is 2.93. The molecule has 1 aliphatic heterocycles. The monoisotopic (exact) mass is 478 g/mol. The van der Waals surface area contributed by atoms with Crippen LogP contribution in [0, 0.1) is 0 Å². The number of benzene rings is 2. The van der Waals surface area contributed by atoms with Gasteiger partial charge in [0.2, 0.25) is 0 Å². The second-order valence-corrected chi connectivity index (χ2v) is 8.30. The zero-order valence-corrected chi connectivity index (χ0v) is 17.8. The van der Waals surface area contributed by atoms with E-state index >= 15 is 0 Å². The number of phenols is 4. The maximum Gasteiger partial charge on any atom is 0.187 e. The van der Waals surface area contributed by atoms with Crippen molar-refractivity contribution in [3.8, 4) is 23.0 Å². The largest absolute Gasteiger partial charge is 0.504 e. The third kappa shape index (κ3) is 4.30. The Labute approximate surface area is 193 Å². The van der Waals surface area contributed by atoms with Gasteiger partial charge in [0.1, 0.15) is 30.5 Å². The lowest BCUT2D eigenvalue weighted by Crippen LogP contribution is -2.59. The first-order chi connectivity index (χ1) is 16.1. The number of hydrogen-bond donors (Lipinski definition) is 9. The molecule has 1 aliphatic carbocycles. The summed E-state index contributed by atoms with van der Waals surface area (Å²) in [6.45, 7) is -0.650. The number of aliphatic hydroxyl groups excluding tert-OH is 5. The summed E-state index contributed by atoms with van der Waals surface area (Å²) < 4.78 is 11.1. The lowest BCUT2D eigenvalue weighted by molar-refractivity contribution is -0.317. The van der Waals surface area contributed by atoms with E-state index in [-0.39, 0.29) is 23.5 Å². The Kier molecular flexibility index (Phi) is 6.69. The molecule has 0 unspecified atom stereocenters. The highest BCUT2D eigenvalue weighted by Gasteiger charge is 2.45. The minimum atomic E-state index is -1.68. The number of hydrogen-bond acceptors (Lipinski definition) is 11. The summed E-state index contributed by atoms with van der Waals surface area (Å²) in [6, 6.07) is 6.46. The molecule has 2 aromatic carbocycles. The first kappa shape index (κ1) is 24.2. The summed E-state index contributed by atoms with van der Waals surface area (Å²) in [7, 11) is 0. The molecule has 0 aromatic heterocycles. The minimum absolute atomic E-state index is 0.0172. The van der Waals surface area contributed by atoms with Crippen LogP contribution in [0.2, 0.25) is 0 Å². The number of phenolic OH excluding ortho intramolecular Hbond substituents is 4. The van der Waals surface area contributed by atoms with Gasteiger partial charge in [0, 0.05) is 0 Å². The molecule has 184 valence electrons. The van der Waals surface area contributed by atoms with Crippen molar-refractivity contribution < 1.29 is 55.4 Å². The Balaban J connectivity index is 1.72. The molecule has 1 saturated heterocycles. The van der Waals surface area contributed by atoms with Crippen LogP contribution in [-0.2, 0) is 9.47 Å². The molecular formula is C23H26O11. The molecule has 0 bridgehead atoms. The fraction of sp³-hybridized carbons (Fsp3) is 0.391. The molecule has 2 aromatic rings. The van der Waals surface area contributed by atoms with E-state index in [1.54, 1.807) is 6.08 Å². The first-order valence-corrected chi connectivity index (χ1v) is 10.5. The van der Waals surface area contributed by atoms with E-state index in [0.29, 0.717) is 16.7 Å². The van der Waals surface area contributed by atoms with Gasteiger partial charge in [0.25, 0.3) is 0 Å². The maximum absolute atomic E-state index is 11.1. The predicted molar refractivity (Wildman–Crippen MR) is 115 cm³/mol. The molecule has 1 fully saturated rings. The van der Waals surface area contributed by atoms with Gasteiger partial charge in [-0.1, -0.05) is 12.1 Å². The van der Waals surface area contributed by atoms with Crippen molar-refractivity contribution in [2.75, 3.05) is 6.61 Å². The SMILES string of the molecule is OC[C@H]1O[C@@H](O[C@@H]2CC=C(c3ccc(O)c(O)c3)c3cc(O)c(O)cc3[C@H]2O)[C@H](O)[C@@H](O)[C@@H]1O. The smallest absolute Gasteiger partial charge is 0.187 e. The fourth-order valence-electron chi connectivity index (χ4n) is 4.19. The van der Waals surface area contributed by atoms with Gasteiger partial charge in [0.05, 0.1) is 12.7 Å². The van der Waals surface area contributed by atoms with E-state index in [4.69, 9.17) is 9.47 Å². The molecule has 2 aliphatic rings. The summed E-state index contributed by atoms with van der Waals surface area (Å²) in [4.78, 5) is 0. The van der Waals surface area contributed by atoms with Crippen LogP contribution in [-0.4, -0.2) is 89.4 Å². The van der Waals surface area contributed by atoms with Crippen molar-refractivity contribution in [2.45, 2.75) is 49.3 Å². The first-order valence-electron chi connectivity index (χ1n) is 10.5. The van der Waals surface area contributed by atoms with Crippen LogP contribution in [0.4, 0.5) is 0 Å². The Bertz CT molecular complexity index is 1080. The van der Waals surface area contributed by atoms with Gasteiger partial charge < -0.3 is 55.4 Å². The van der Waals surface area contributed by atoms with Crippen LogP contribution in [0.15, 0.2) is 36.4 Å². The molecule has 4 rings (SSSR count). The summed E-state index contributed by atoms with van der Waals surface area (Å²) in [5.74, 6) is -1.68. The highest BCUT2D eigenvalue weighted by molar-refractivity contribution is 5.84. The van der Waals surface area contributed by atoms with Crippen molar-refractivity contribution >= 4 is 5.57 Å². The van der Waals surface area contributed by atoms with Crippen molar-refractivity contribution in [1.82, 2.24) is 0 Å². The van der Waals surface area contributed by atoms with E-state index in [9.17, 15) is 46.0 Å². The standard InChI is InChI=1S/C23H26O11/c24-8-18-20(30)21(31)22(32)23(34-18)33-17-4-2-10(9-1-3-13(25)14(26)5-9)11-6-15(27)16(28)7-12(11)19(17)29/h1-3,5-7,17-32H,4,8H2/t17-,18-,19-,20-,21+,22-,23-/m1/s1. The van der Waals surface area contributed by atoms with Gasteiger partial charge in [-0.15, -0.1) is 0 Å². The zero-order chi connectivity index (χ0) is 24.7. The maximum atomic E-state index is 11.1. The van der Waals surface area contributed by atoms with E-state index < -0.39 is 61.0 Å². The van der Waals surface area contributed by atoms with Gasteiger partial charge in [-0.05, 0) is 52.9 Å². The van der Waals surface area contributed by atoms with Gasteiger partial charge in [-0.25, -0.2) is 0 Å². The quantitative estimate of drug-likeness (QED) is 0.258. The van der Waals surface area contributed by atoms with Crippen molar-refractivity contribution in [1.29, 1.82) is 0 Å². The third-order valence-electron chi connectivity index (χ3n) is 6.11. The van der Waals surface area contributed by atoms with Crippen LogP contribution in [0.1, 0.15) is 29.2 Å². The number of ether oxygens (including phenoxy) is 2. The second-order valence-electron chi connectivity index (χ2n) is 8.30. The summed E-state index contributed by atoms with van der Waals surface area (Å²) in [5.41, 5.74) is 1.34. The van der Waals surface area contributed by atoms with Gasteiger partial charge >= 0.3 is 0 Å². The lowest BCUT2D eigenvalue weighted by Gasteiger charge is -2.41.